The molecule has 0 saturated carbocycles. The fraction of sp³-hybridized carbons (Fsp3) is 0.111. The van der Waals surface area contributed by atoms with Crippen molar-refractivity contribution in [3.8, 4) is 6.07 Å². The van der Waals surface area contributed by atoms with Crippen molar-refractivity contribution in [1.29, 1.82) is 5.26 Å². The molecule has 0 atom stereocenters. The van der Waals surface area contributed by atoms with Crippen LogP contribution < -0.4 is 5.73 Å². The largest absolute Gasteiger partial charge is 0.445 e. The number of primary amides is 1. The van der Waals surface area contributed by atoms with Crippen LogP contribution in [0.3, 0.4) is 0 Å². The topological polar surface area (TPSA) is 81.0 Å². The first-order valence-corrected chi connectivity index (χ1v) is 7.15. The number of ether oxygens (including phenoxy) is 1. The Hall–Kier alpha value is -3.26. The van der Waals surface area contributed by atoms with Crippen molar-refractivity contribution < 1.29 is 9.53 Å². The third-order valence-corrected chi connectivity index (χ3v) is 3.63. The number of nitrogens with two attached hydrogens (primary N) is 1. The lowest BCUT2D eigenvalue weighted by atomic mass is 10.1. The van der Waals surface area contributed by atoms with Gasteiger partial charge >= 0.3 is 6.09 Å². The first-order chi connectivity index (χ1) is 11.2. The third-order valence-electron chi connectivity index (χ3n) is 3.63. The minimum absolute atomic E-state index is 0.161. The van der Waals surface area contributed by atoms with Crippen LogP contribution in [0.25, 0.3) is 10.9 Å². The van der Waals surface area contributed by atoms with Crippen LogP contribution in [0.4, 0.5) is 4.79 Å². The van der Waals surface area contributed by atoms with E-state index < -0.39 is 6.09 Å². The second-order valence-electron chi connectivity index (χ2n) is 5.26. The number of fused-ring (bicyclic) bond motifs is 1. The zero-order chi connectivity index (χ0) is 16.2. The van der Waals surface area contributed by atoms with Crippen molar-refractivity contribution in [2.45, 2.75) is 13.2 Å². The van der Waals surface area contributed by atoms with Gasteiger partial charge in [-0.2, -0.15) is 5.26 Å². The van der Waals surface area contributed by atoms with Crippen LogP contribution in [0.2, 0.25) is 0 Å². The molecule has 1 heterocycles. The fourth-order valence-corrected chi connectivity index (χ4v) is 2.56. The van der Waals surface area contributed by atoms with E-state index in [1.165, 1.54) is 0 Å². The first-order valence-electron chi connectivity index (χ1n) is 7.15. The summed E-state index contributed by atoms with van der Waals surface area (Å²) in [6.07, 6.45) is 1.22. The van der Waals surface area contributed by atoms with Gasteiger partial charge in [0.15, 0.2) is 0 Å². The molecule has 0 aliphatic carbocycles. The van der Waals surface area contributed by atoms with E-state index in [4.69, 9.17) is 15.7 Å². The Balaban J connectivity index is 1.86. The van der Waals surface area contributed by atoms with Gasteiger partial charge in [0.1, 0.15) is 6.61 Å². The van der Waals surface area contributed by atoms with Crippen LogP contribution >= 0.6 is 0 Å². The average molecular weight is 305 g/mol. The van der Waals surface area contributed by atoms with Gasteiger partial charge in [0, 0.05) is 18.3 Å². The summed E-state index contributed by atoms with van der Waals surface area (Å²) >= 11 is 0. The van der Waals surface area contributed by atoms with Crippen LogP contribution in [0, 0.1) is 11.3 Å². The highest BCUT2D eigenvalue weighted by Gasteiger charge is 2.05. The van der Waals surface area contributed by atoms with E-state index >= 15 is 0 Å². The number of hydrogen-bond donors (Lipinski definition) is 1. The van der Waals surface area contributed by atoms with Crippen LogP contribution in [-0.4, -0.2) is 10.7 Å². The molecule has 5 nitrogen and oxygen atoms in total. The number of aromatic nitrogens is 1. The molecule has 0 aliphatic rings. The van der Waals surface area contributed by atoms with E-state index in [0.29, 0.717) is 12.1 Å². The lowest BCUT2D eigenvalue weighted by Crippen LogP contribution is -2.12. The van der Waals surface area contributed by atoms with Gasteiger partial charge in [0.05, 0.1) is 11.6 Å². The minimum atomic E-state index is -0.782. The molecule has 5 heteroatoms. The van der Waals surface area contributed by atoms with Gasteiger partial charge in [-0.1, -0.05) is 30.3 Å². The number of rotatable bonds is 4. The maximum absolute atomic E-state index is 10.7. The van der Waals surface area contributed by atoms with E-state index in [9.17, 15) is 4.79 Å². The lowest BCUT2D eigenvalue weighted by molar-refractivity contribution is 0.150. The van der Waals surface area contributed by atoms with Gasteiger partial charge in [0.2, 0.25) is 0 Å². The summed E-state index contributed by atoms with van der Waals surface area (Å²) in [4.78, 5) is 10.7. The average Bonchev–Trinajstić information content (AvgIpc) is 2.95. The summed E-state index contributed by atoms with van der Waals surface area (Å²) in [6.45, 7) is 0.830. The first kappa shape index (κ1) is 14.7. The second-order valence-corrected chi connectivity index (χ2v) is 5.26. The van der Waals surface area contributed by atoms with E-state index in [1.54, 1.807) is 0 Å². The number of benzene rings is 2. The van der Waals surface area contributed by atoms with Gasteiger partial charge < -0.3 is 15.0 Å². The number of amides is 1. The molecule has 1 amide bonds. The molecule has 2 N–H and O–H groups in total. The van der Waals surface area contributed by atoms with Crippen LogP contribution in [0.5, 0.6) is 0 Å². The molecule has 0 bridgehead atoms. The van der Waals surface area contributed by atoms with Gasteiger partial charge in [-0.25, -0.2) is 4.79 Å². The molecule has 23 heavy (non-hydrogen) atoms. The van der Waals surface area contributed by atoms with E-state index in [2.05, 4.69) is 10.6 Å². The Morgan fingerprint density at radius 3 is 2.78 bits per heavy atom. The summed E-state index contributed by atoms with van der Waals surface area (Å²) in [7, 11) is 0. The minimum Gasteiger partial charge on any atom is -0.445 e. The Morgan fingerprint density at radius 1 is 1.17 bits per heavy atom. The van der Waals surface area contributed by atoms with Crippen LogP contribution in [0.1, 0.15) is 16.7 Å². The molecule has 0 radical (unpaired) electrons. The van der Waals surface area contributed by atoms with Gasteiger partial charge in [-0.15, -0.1) is 0 Å². The molecule has 3 aromatic rings. The molecule has 2 aromatic carbocycles. The molecule has 1 aromatic heterocycles. The third kappa shape index (κ3) is 3.33. The quantitative estimate of drug-likeness (QED) is 0.804. The number of nitriles is 1. The van der Waals surface area contributed by atoms with Crippen molar-refractivity contribution in [2.24, 2.45) is 5.73 Å². The highest BCUT2D eigenvalue weighted by molar-refractivity contribution is 5.81. The number of carbonyl (C=O) groups excluding carboxylic acids is 1. The van der Waals surface area contributed by atoms with Crippen molar-refractivity contribution in [1.82, 2.24) is 4.57 Å². The Kier molecular flexibility index (Phi) is 3.98. The van der Waals surface area contributed by atoms with Crippen LogP contribution in [0.15, 0.2) is 54.7 Å². The summed E-state index contributed by atoms with van der Waals surface area (Å²) in [5.41, 5.74) is 8.61. The van der Waals surface area contributed by atoms with Crippen molar-refractivity contribution in [3.63, 3.8) is 0 Å². The SMILES string of the molecule is N#Cc1ccc2ccn(Cc3cccc(COC(N)=O)c3)c2c1. The van der Waals surface area contributed by atoms with Gasteiger partial charge in [-0.3, -0.25) is 0 Å². The Morgan fingerprint density at radius 2 is 2.00 bits per heavy atom. The fourth-order valence-electron chi connectivity index (χ4n) is 2.56. The maximum atomic E-state index is 10.7. The van der Waals surface area contributed by atoms with Crippen LogP contribution in [-0.2, 0) is 17.9 Å². The number of hydrogen-bond acceptors (Lipinski definition) is 3. The van der Waals surface area contributed by atoms with Crippen molar-refractivity contribution in [2.75, 3.05) is 0 Å². The standard InChI is InChI=1S/C18H15N3O2/c19-10-13-4-5-16-6-7-21(17(16)9-13)11-14-2-1-3-15(8-14)12-23-18(20)22/h1-9H,11-12H2,(H2,20,22). The molecular formula is C18H15N3O2. The highest BCUT2D eigenvalue weighted by atomic mass is 16.5. The smallest absolute Gasteiger partial charge is 0.404 e. The second kappa shape index (κ2) is 6.24. The number of nitrogens with zero attached hydrogens (tertiary/aromatic N) is 2. The highest BCUT2D eigenvalue weighted by Crippen LogP contribution is 2.19. The molecule has 0 aliphatic heterocycles. The monoisotopic (exact) mass is 305 g/mol. The van der Waals surface area contributed by atoms with E-state index in [0.717, 1.165) is 22.0 Å². The van der Waals surface area contributed by atoms with Crippen molar-refractivity contribution >= 4 is 17.0 Å². The van der Waals surface area contributed by atoms with Crippen molar-refractivity contribution in [3.05, 3.63) is 71.4 Å². The van der Waals surface area contributed by atoms with Gasteiger partial charge in [0.25, 0.3) is 0 Å². The molecule has 0 unspecified atom stereocenters. The molecule has 0 spiro atoms. The molecule has 114 valence electrons. The Bertz CT molecular complexity index is 906. The summed E-state index contributed by atoms with van der Waals surface area (Å²) in [6, 6.07) is 17.6. The zero-order valence-electron chi connectivity index (χ0n) is 12.4. The lowest BCUT2D eigenvalue weighted by Gasteiger charge is -2.08. The molecule has 0 fully saturated rings. The number of carbonyl (C=O) groups is 1. The molecule has 3 rings (SSSR count). The van der Waals surface area contributed by atoms with E-state index in [1.807, 2.05) is 54.7 Å². The summed E-state index contributed by atoms with van der Waals surface area (Å²) < 4.78 is 6.90. The summed E-state index contributed by atoms with van der Waals surface area (Å²) in [5.74, 6) is 0. The van der Waals surface area contributed by atoms with E-state index in [-0.39, 0.29) is 6.61 Å². The predicted molar refractivity (Wildman–Crippen MR) is 86.6 cm³/mol. The van der Waals surface area contributed by atoms with Gasteiger partial charge in [-0.05, 0) is 34.7 Å². The predicted octanol–water partition coefficient (Wildman–Crippen LogP) is 3.16. The summed E-state index contributed by atoms with van der Waals surface area (Å²) in [5, 5.41) is 10.1. The Labute approximate surface area is 133 Å². The zero-order valence-corrected chi connectivity index (χ0v) is 12.4. The molecular weight excluding hydrogens is 290 g/mol. The molecule has 0 saturated heterocycles. The normalized spacial score (nSPS) is 10.4. The maximum Gasteiger partial charge on any atom is 0.404 e.